The fraction of sp³-hybridized carbons (Fsp3) is 0.304. The summed E-state index contributed by atoms with van der Waals surface area (Å²) in [6, 6.07) is 11.5. The molecule has 2 amide bonds. The predicted molar refractivity (Wildman–Crippen MR) is 120 cm³/mol. The second-order valence-corrected chi connectivity index (χ2v) is 6.86. The second-order valence-electron chi connectivity index (χ2n) is 6.86. The Labute approximate surface area is 181 Å². The molecular weight excluding hydrogens is 401 g/mol. The molecule has 0 aromatic heterocycles. The first-order chi connectivity index (χ1) is 14.8. The summed E-state index contributed by atoms with van der Waals surface area (Å²) in [7, 11) is 0. The Morgan fingerprint density at radius 3 is 2.10 bits per heavy atom. The van der Waals surface area contributed by atoms with E-state index < -0.39 is 12.2 Å². The molecule has 0 aliphatic rings. The normalized spacial score (nSPS) is 10.2. The van der Waals surface area contributed by atoms with Gasteiger partial charge < -0.3 is 14.4 Å². The van der Waals surface area contributed by atoms with Crippen molar-refractivity contribution in [3.63, 3.8) is 0 Å². The van der Waals surface area contributed by atoms with Gasteiger partial charge in [-0.05, 0) is 56.7 Å². The molecule has 8 heteroatoms. The van der Waals surface area contributed by atoms with E-state index in [0.717, 1.165) is 16.8 Å². The van der Waals surface area contributed by atoms with Crippen LogP contribution in [0.1, 0.15) is 26.3 Å². The molecule has 166 valence electrons. The average molecular weight is 429 g/mol. The smallest absolute Gasteiger partial charge is 0.411 e. The quantitative estimate of drug-likeness (QED) is 0.511. The molecule has 2 N–H and O–H groups in total. The standard InChI is InChI=1S/C23H28FN3O4/c1-5-30-22(28)25-20-12-11-19(13-21(20)26-23(29)31-6-2)27(14-16(3)4)15-17-7-9-18(24)10-8-17/h7-13H,3,5-6,14-15H2,1-2,4H3,(H,25,28)(H,26,29). The first-order valence-corrected chi connectivity index (χ1v) is 9.97. The molecule has 0 saturated carbocycles. The number of nitrogens with zero attached hydrogens (tertiary/aromatic N) is 1. The van der Waals surface area contributed by atoms with E-state index in [1.54, 1.807) is 38.1 Å². The topological polar surface area (TPSA) is 79.9 Å². The summed E-state index contributed by atoms with van der Waals surface area (Å²) in [6.45, 7) is 10.8. The third kappa shape index (κ3) is 7.65. The Kier molecular flexibility index (Phi) is 8.87. The number of halogens is 1. The molecule has 0 heterocycles. The van der Waals surface area contributed by atoms with E-state index in [2.05, 4.69) is 17.2 Å². The lowest BCUT2D eigenvalue weighted by atomic mass is 10.1. The summed E-state index contributed by atoms with van der Waals surface area (Å²) in [4.78, 5) is 25.9. The molecule has 0 fully saturated rings. The van der Waals surface area contributed by atoms with Gasteiger partial charge in [0.1, 0.15) is 5.82 Å². The lowest BCUT2D eigenvalue weighted by Crippen LogP contribution is -2.25. The van der Waals surface area contributed by atoms with Gasteiger partial charge in [0.15, 0.2) is 0 Å². The molecule has 7 nitrogen and oxygen atoms in total. The monoisotopic (exact) mass is 429 g/mol. The van der Waals surface area contributed by atoms with Gasteiger partial charge in [-0.3, -0.25) is 10.6 Å². The Balaban J connectivity index is 2.37. The van der Waals surface area contributed by atoms with Crippen molar-refractivity contribution in [2.45, 2.75) is 27.3 Å². The molecule has 0 radical (unpaired) electrons. The van der Waals surface area contributed by atoms with E-state index in [4.69, 9.17) is 9.47 Å². The highest BCUT2D eigenvalue weighted by atomic mass is 19.1. The second kappa shape index (κ2) is 11.6. The van der Waals surface area contributed by atoms with Gasteiger partial charge in [-0.25, -0.2) is 14.0 Å². The molecule has 0 aliphatic heterocycles. The van der Waals surface area contributed by atoms with Crippen molar-refractivity contribution in [2.75, 3.05) is 35.3 Å². The zero-order valence-electron chi connectivity index (χ0n) is 18.0. The summed E-state index contributed by atoms with van der Waals surface area (Å²) in [5.41, 5.74) is 3.34. The van der Waals surface area contributed by atoms with Crippen LogP contribution < -0.4 is 15.5 Å². The fourth-order valence-electron chi connectivity index (χ4n) is 2.87. The van der Waals surface area contributed by atoms with E-state index in [9.17, 15) is 14.0 Å². The summed E-state index contributed by atoms with van der Waals surface area (Å²) in [6.07, 6.45) is -1.27. The predicted octanol–water partition coefficient (Wildman–Crippen LogP) is 5.55. The summed E-state index contributed by atoms with van der Waals surface area (Å²) in [5, 5.41) is 5.26. The van der Waals surface area contributed by atoms with Gasteiger partial charge in [0.05, 0.1) is 24.6 Å². The Bertz CT molecular complexity index is 916. The minimum absolute atomic E-state index is 0.207. The highest BCUT2D eigenvalue weighted by Crippen LogP contribution is 2.30. The van der Waals surface area contributed by atoms with Crippen molar-refractivity contribution in [3.05, 3.63) is 66.0 Å². The van der Waals surface area contributed by atoms with Crippen molar-refractivity contribution in [2.24, 2.45) is 0 Å². The maximum atomic E-state index is 13.3. The van der Waals surface area contributed by atoms with Gasteiger partial charge in [0.25, 0.3) is 0 Å². The van der Waals surface area contributed by atoms with Crippen LogP contribution in [0.25, 0.3) is 0 Å². The van der Waals surface area contributed by atoms with Crippen LogP contribution in [0, 0.1) is 5.82 Å². The lowest BCUT2D eigenvalue weighted by Gasteiger charge is -2.26. The van der Waals surface area contributed by atoms with E-state index in [0.29, 0.717) is 24.5 Å². The average Bonchev–Trinajstić information content (AvgIpc) is 2.70. The number of rotatable bonds is 9. The number of hydrogen-bond donors (Lipinski definition) is 2. The Morgan fingerprint density at radius 2 is 1.55 bits per heavy atom. The van der Waals surface area contributed by atoms with Gasteiger partial charge in [-0.15, -0.1) is 0 Å². The Hall–Kier alpha value is -3.55. The van der Waals surface area contributed by atoms with Gasteiger partial charge in [-0.1, -0.05) is 24.3 Å². The van der Waals surface area contributed by atoms with Crippen molar-refractivity contribution < 1.29 is 23.5 Å². The summed E-state index contributed by atoms with van der Waals surface area (Å²) < 4.78 is 23.2. The largest absolute Gasteiger partial charge is 0.450 e. The van der Waals surface area contributed by atoms with Crippen molar-refractivity contribution in [1.29, 1.82) is 0 Å². The molecule has 0 atom stereocenters. The first kappa shape index (κ1) is 23.7. The fourth-order valence-corrected chi connectivity index (χ4v) is 2.87. The van der Waals surface area contributed by atoms with Crippen molar-refractivity contribution in [3.8, 4) is 0 Å². The number of benzene rings is 2. The molecule has 2 rings (SSSR count). The maximum Gasteiger partial charge on any atom is 0.411 e. The van der Waals surface area contributed by atoms with Gasteiger partial charge >= 0.3 is 12.2 Å². The van der Waals surface area contributed by atoms with Crippen LogP contribution in [-0.2, 0) is 16.0 Å². The van der Waals surface area contributed by atoms with Crippen molar-refractivity contribution in [1.82, 2.24) is 0 Å². The molecule has 2 aromatic carbocycles. The van der Waals surface area contributed by atoms with E-state index in [1.807, 2.05) is 17.9 Å². The summed E-state index contributed by atoms with van der Waals surface area (Å²) >= 11 is 0. The van der Waals surface area contributed by atoms with Crippen LogP contribution in [0.3, 0.4) is 0 Å². The lowest BCUT2D eigenvalue weighted by molar-refractivity contribution is 0.166. The minimum atomic E-state index is -0.642. The van der Waals surface area contributed by atoms with Crippen LogP contribution in [0.15, 0.2) is 54.6 Å². The molecule has 0 unspecified atom stereocenters. The van der Waals surface area contributed by atoms with Crippen molar-refractivity contribution >= 4 is 29.2 Å². The molecule has 0 saturated heterocycles. The number of anilines is 3. The zero-order chi connectivity index (χ0) is 22.8. The number of amides is 2. The molecule has 2 aromatic rings. The molecule has 0 bridgehead atoms. The van der Waals surface area contributed by atoms with E-state index in [-0.39, 0.29) is 19.0 Å². The van der Waals surface area contributed by atoms with Gasteiger partial charge in [0, 0.05) is 18.8 Å². The number of carbonyl (C=O) groups is 2. The maximum absolute atomic E-state index is 13.3. The van der Waals surface area contributed by atoms with Crippen LogP contribution in [0.4, 0.5) is 31.0 Å². The van der Waals surface area contributed by atoms with Gasteiger partial charge in [0.2, 0.25) is 0 Å². The highest BCUT2D eigenvalue weighted by Gasteiger charge is 2.15. The minimum Gasteiger partial charge on any atom is -0.450 e. The van der Waals surface area contributed by atoms with Crippen LogP contribution >= 0.6 is 0 Å². The number of hydrogen-bond acceptors (Lipinski definition) is 5. The van der Waals surface area contributed by atoms with E-state index >= 15 is 0 Å². The SMILES string of the molecule is C=C(C)CN(Cc1ccc(F)cc1)c1ccc(NC(=O)OCC)c(NC(=O)OCC)c1. The number of carbonyl (C=O) groups excluding carboxylic acids is 2. The molecular formula is C23H28FN3O4. The highest BCUT2D eigenvalue weighted by molar-refractivity contribution is 5.96. The number of ether oxygens (including phenoxy) is 2. The van der Waals surface area contributed by atoms with Gasteiger partial charge in [-0.2, -0.15) is 0 Å². The third-order valence-electron chi connectivity index (χ3n) is 4.14. The molecule has 0 spiro atoms. The van der Waals surface area contributed by atoms with E-state index in [1.165, 1.54) is 12.1 Å². The van der Waals surface area contributed by atoms with Crippen LogP contribution in [0.2, 0.25) is 0 Å². The zero-order valence-corrected chi connectivity index (χ0v) is 18.0. The molecule has 0 aliphatic carbocycles. The number of nitrogens with one attached hydrogen (secondary N) is 2. The first-order valence-electron chi connectivity index (χ1n) is 9.97. The third-order valence-corrected chi connectivity index (χ3v) is 4.14. The Morgan fingerprint density at radius 1 is 0.968 bits per heavy atom. The van der Waals surface area contributed by atoms with Crippen LogP contribution in [0.5, 0.6) is 0 Å². The van der Waals surface area contributed by atoms with Crippen LogP contribution in [-0.4, -0.2) is 31.9 Å². The molecule has 31 heavy (non-hydrogen) atoms. The summed E-state index contributed by atoms with van der Waals surface area (Å²) in [5.74, 6) is -0.300.